The first kappa shape index (κ1) is 48.7. The van der Waals surface area contributed by atoms with Crippen LogP contribution in [-0.4, -0.2) is 3.21 Å². The molecule has 0 aliphatic heterocycles. The average molecular weight is 907 g/mol. The Kier molecular flexibility index (Phi) is 16.8. The van der Waals surface area contributed by atoms with Crippen LogP contribution in [0.15, 0.2) is 133 Å². The number of hydrogen-bond donors (Lipinski definition) is 0. The summed E-state index contributed by atoms with van der Waals surface area (Å²) in [7, 11) is 0. The molecule has 60 heavy (non-hydrogen) atoms. The van der Waals surface area contributed by atoms with Gasteiger partial charge in [-0.05, 0) is 74.9 Å². The number of fused-ring (bicyclic) bond motifs is 3. The Morgan fingerprint density at radius 3 is 1.25 bits per heavy atom. The predicted octanol–water partition coefficient (Wildman–Crippen LogP) is 9.68. The molecule has 0 saturated heterocycles. The van der Waals surface area contributed by atoms with Crippen LogP contribution < -0.4 is 24.8 Å². The summed E-state index contributed by atoms with van der Waals surface area (Å²) >= 11 is 1.46. The Bertz CT molecular complexity index is 2450. The van der Waals surface area contributed by atoms with Crippen molar-refractivity contribution in [3.05, 3.63) is 195 Å². The van der Waals surface area contributed by atoms with Gasteiger partial charge in [-0.25, -0.2) is 6.08 Å². The Morgan fingerprint density at radius 2 is 0.933 bits per heavy atom. The van der Waals surface area contributed by atoms with Crippen molar-refractivity contribution >= 4 is 24.8 Å². The van der Waals surface area contributed by atoms with Gasteiger partial charge in [0.1, 0.15) is 0 Å². The molecule has 0 aromatic heterocycles. The maximum atomic E-state index is 3.35. The number of rotatable bonds is 5. The van der Waals surface area contributed by atoms with Crippen molar-refractivity contribution in [1.29, 1.82) is 0 Å². The Labute approximate surface area is 388 Å². The van der Waals surface area contributed by atoms with Gasteiger partial charge in [-0.1, -0.05) is 116 Å². The van der Waals surface area contributed by atoms with Gasteiger partial charge in [0.2, 0.25) is 0 Å². The zero-order chi connectivity index (χ0) is 41.9. The second kappa shape index (κ2) is 20.7. The van der Waals surface area contributed by atoms with Crippen LogP contribution in [0.4, 0.5) is 0 Å². The van der Waals surface area contributed by atoms with Crippen molar-refractivity contribution < 1.29 is 49.0 Å². The minimum atomic E-state index is 0. The Balaban J connectivity index is 0.000000229. The van der Waals surface area contributed by atoms with Gasteiger partial charge < -0.3 is 24.8 Å². The Morgan fingerprint density at radius 1 is 0.550 bits per heavy atom. The molecule has 0 N–H and O–H groups in total. The van der Waals surface area contributed by atoms with Gasteiger partial charge in [-0.3, -0.25) is 6.08 Å². The van der Waals surface area contributed by atoms with Crippen LogP contribution >= 0.6 is 0 Å². The largest absolute Gasteiger partial charge is 1.00 e. The first-order chi connectivity index (χ1) is 27.5. The molecule has 1 atom stereocenters. The van der Waals surface area contributed by atoms with Gasteiger partial charge in [-0.15, -0.1) is 39.7 Å². The molecule has 0 fully saturated rings. The SMILES string of the molecule is CCC1[C-]=CC(C(C)(C)C)=C1.Cc1cc(C)c(-c2ccc3c(c2)[cH-]c2cc(-c4c(C)cc(C)cc4C)ccc23)c(C)c1.Cc1ccc([C](=[Zr+2])c2ccc(C)cc2)cc1.[Cl-].[Cl-]. The first-order valence-corrected chi connectivity index (χ1v) is 22.1. The molecule has 0 radical (unpaired) electrons. The van der Waals surface area contributed by atoms with E-state index in [4.69, 9.17) is 0 Å². The van der Waals surface area contributed by atoms with Crippen molar-refractivity contribution in [3.8, 4) is 22.3 Å². The van der Waals surface area contributed by atoms with E-state index in [0.29, 0.717) is 11.3 Å². The molecule has 0 bridgehead atoms. The van der Waals surface area contributed by atoms with E-state index in [2.05, 4.69) is 217 Å². The molecule has 308 valence electrons. The minimum absolute atomic E-state index is 0. The normalized spacial score (nSPS) is 13.1. The molecule has 0 heterocycles. The summed E-state index contributed by atoms with van der Waals surface area (Å²) < 4.78 is 1.42. The van der Waals surface area contributed by atoms with Crippen molar-refractivity contribution in [2.24, 2.45) is 11.3 Å². The van der Waals surface area contributed by atoms with E-state index >= 15 is 0 Å². The fourth-order valence-electron chi connectivity index (χ4n) is 8.42. The molecule has 7 aromatic carbocycles. The van der Waals surface area contributed by atoms with Crippen LogP contribution in [0.25, 0.3) is 43.8 Å². The number of benzene rings is 6. The van der Waals surface area contributed by atoms with Crippen LogP contribution in [0.5, 0.6) is 0 Å². The van der Waals surface area contributed by atoms with E-state index in [1.54, 1.807) is 0 Å². The predicted molar refractivity (Wildman–Crippen MR) is 251 cm³/mol. The second-order valence-corrected chi connectivity index (χ2v) is 18.8. The summed E-state index contributed by atoms with van der Waals surface area (Å²) in [5.41, 5.74) is 20.4. The van der Waals surface area contributed by atoms with Gasteiger partial charge in [0.25, 0.3) is 0 Å². The molecule has 1 aliphatic rings. The molecule has 7 aromatic rings. The third-order valence-corrected chi connectivity index (χ3v) is 12.9. The molecule has 8 rings (SSSR count). The van der Waals surface area contributed by atoms with Crippen LogP contribution in [0.2, 0.25) is 0 Å². The summed E-state index contributed by atoms with van der Waals surface area (Å²) in [5.74, 6) is 0.573. The second-order valence-electron chi connectivity index (χ2n) is 17.6. The number of hydrogen-bond acceptors (Lipinski definition) is 0. The van der Waals surface area contributed by atoms with Crippen molar-refractivity contribution in [2.75, 3.05) is 0 Å². The fourth-order valence-corrected chi connectivity index (χ4v) is 9.24. The van der Waals surface area contributed by atoms with Gasteiger partial charge in [-0.2, -0.15) is 11.6 Å². The number of aryl methyl sites for hydroxylation is 8. The molecular formula is C57H60Cl2Zr-2. The van der Waals surface area contributed by atoms with E-state index < -0.39 is 0 Å². The van der Waals surface area contributed by atoms with Crippen LogP contribution in [0, 0.1) is 72.8 Å². The van der Waals surface area contributed by atoms with E-state index in [1.165, 1.54) is 139 Å². The summed E-state index contributed by atoms with van der Waals surface area (Å²) in [6, 6.07) is 42.9. The molecule has 1 unspecified atom stereocenters. The molecule has 0 amide bonds. The first-order valence-electron chi connectivity index (χ1n) is 20.9. The Hall–Kier alpha value is -4.00. The maximum Gasteiger partial charge on any atom is -1.00 e. The van der Waals surface area contributed by atoms with Crippen LogP contribution in [0.3, 0.4) is 0 Å². The van der Waals surface area contributed by atoms with E-state index in [0.717, 1.165) is 0 Å². The molecule has 0 spiro atoms. The molecule has 0 nitrogen and oxygen atoms in total. The maximum absolute atomic E-state index is 3.35. The van der Waals surface area contributed by atoms with Crippen molar-refractivity contribution in [1.82, 2.24) is 0 Å². The van der Waals surface area contributed by atoms with Crippen LogP contribution in [0.1, 0.15) is 89.8 Å². The quantitative estimate of drug-likeness (QED) is 0.151. The molecule has 3 heteroatoms. The van der Waals surface area contributed by atoms with E-state index in [-0.39, 0.29) is 24.8 Å². The van der Waals surface area contributed by atoms with Crippen LogP contribution in [-0.2, 0) is 24.2 Å². The monoisotopic (exact) mass is 904 g/mol. The smallest absolute Gasteiger partial charge is 1.00 e. The number of halogens is 2. The zero-order valence-corrected chi connectivity index (χ0v) is 41.6. The topological polar surface area (TPSA) is 0 Å². The fraction of sp³-hybridized carbons (Fsp3) is 0.263. The third kappa shape index (κ3) is 11.5. The van der Waals surface area contributed by atoms with Crippen molar-refractivity contribution in [3.63, 3.8) is 0 Å². The van der Waals surface area contributed by atoms with Gasteiger partial charge in [0.15, 0.2) is 0 Å². The summed E-state index contributed by atoms with van der Waals surface area (Å²) in [5, 5.41) is 5.32. The standard InChI is InChI=1S/C31H29.C15H14.C11H17.2ClH.Zr/c1-18-11-20(3)30(21(4)12-18)24-7-9-28-26(15-24)17-27-16-25(8-10-29(27)28)31-22(5)13-19(2)14-23(31)6;1-12-3-7-14(8-4-12)11-15-9-5-13(2)6-10-15;1-5-9-6-7-10(8-9)11(2,3)4;;;/h7-17H,1-6H3;3-10H,1-2H3;7-9H,5H2,1-4H3;2*1H;/q-1;;-1;;;+2/p-2. The third-order valence-electron chi connectivity index (χ3n) is 11.5. The molecule has 0 saturated carbocycles. The van der Waals surface area contributed by atoms with E-state index in [1.807, 2.05) is 0 Å². The zero-order valence-electron chi connectivity index (χ0n) is 37.7. The van der Waals surface area contributed by atoms with Gasteiger partial charge in [0, 0.05) is 0 Å². The minimum Gasteiger partial charge on any atom is -1.00 e. The molecule has 1 aliphatic carbocycles. The van der Waals surface area contributed by atoms with E-state index in [9.17, 15) is 0 Å². The number of allylic oxidation sites excluding steroid dienone is 4. The average Bonchev–Trinajstić information content (AvgIpc) is 3.80. The summed E-state index contributed by atoms with van der Waals surface area (Å²) in [6.07, 6.45) is 9.00. The molecular weight excluding hydrogens is 847 g/mol. The van der Waals surface area contributed by atoms with Crippen molar-refractivity contribution in [2.45, 2.75) is 89.5 Å². The van der Waals surface area contributed by atoms with Gasteiger partial charge >= 0.3 is 112 Å². The van der Waals surface area contributed by atoms with Gasteiger partial charge in [0.05, 0.1) is 0 Å². The summed E-state index contributed by atoms with van der Waals surface area (Å²) in [4.78, 5) is 0. The summed E-state index contributed by atoms with van der Waals surface area (Å²) in [6.45, 7) is 26.4.